The Bertz CT molecular complexity index is 1220. The number of methoxy groups -OCH3 is 1. The second-order valence-corrected chi connectivity index (χ2v) is 8.80. The van der Waals surface area contributed by atoms with Crippen molar-refractivity contribution in [1.29, 1.82) is 0 Å². The third-order valence-electron chi connectivity index (χ3n) is 6.55. The summed E-state index contributed by atoms with van der Waals surface area (Å²) in [5, 5.41) is 1.75. The summed E-state index contributed by atoms with van der Waals surface area (Å²) in [6.45, 7) is 1.99. The summed E-state index contributed by atoms with van der Waals surface area (Å²) in [6.07, 6.45) is -0.896. The number of carbonyl (C=O) groups is 2. The van der Waals surface area contributed by atoms with Crippen LogP contribution in [-0.2, 0) is 14.4 Å². The lowest BCUT2D eigenvalue weighted by atomic mass is 9.90. The minimum Gasteiger partial charge on any atom is -0.497 e. The molecule has 34 heavy (non-hydrogen) atoms. The fourth-order valence-corrected chi connectivity index (χ4v) is 4.73. The fraction of sp³-hybridized carbons (Fsp3) is 0.259. The van der Waals surface area contributed by atoms with Crippen molar-refractivity contribution in [3.05, 3.63) is 83.9 Å². The number of carbonyl (C=O) groups excluding carboxylic acids is 2. The topological polar surface area (TPSA) is 62.3 Å². The first-order chi connectivity index (χ1) is 16.4. The second-order valence-electron chi connectivity index (χ2n) is 8.80. The number of benzene rings is 3. The molecular formula is C27H27N3O4. The zero-order valence-electron chi connectivity index (χ0n) is 19.6. The first-order valence-electron chi connectivity index (χ1n) is 11.2. The molecule has 2 heterocycles. The van der Waals surface area contributed by atoms with E-state index < -0.39 is 18.1 Å². The van der Waals surface area contributed by atoms with Crippen LogP contribution >= 0.6 is 0 Å². The Morgan fingerprint density at radius 2 is 1.56 bits per heavy atom. The van der Waals surface area contributed by atoms with E-state index in [-0.39, 0.29) is 11.8 Å². The number of imide groups is 1. The monoisotopic (exact) mass is 457 g/mol. The van der Waals surface area contributed by atoms with Crippen LogP contribution in [0.1, 0.15) is 17.2 Å². The average molecular weight is 458 g/mol. The highest BCUT2D eigenvalue weighted by Crippen LogP contribution is 2.48. The number of hydrogen-bond acceptors (Lipinski definition) is 6. The lowest BCUT2D eigenvalue weighted by Crippen LogP contribution is -2.37. The van der Waals surface area contributed by atoms with Crippen molar-refractivity contribution in [2.24, 2.45) is 5.92 Å². The molecule has 0 bridgehead atoms. The SMILES string of the molecule is COc1ccc(N2C(=O)[C@@H]3[C@@H](ON(c4ccccc4C)[C@H]3c3ccc(N(C)C)cc3)C2=O)cc1. The summed E-state index contributed by atoms with van der Waals surface area (Å²) < 4.78 is 5.21. The highest BCUT2D eigenvalue weighted by molar-refractivity contribution is 6.24. The maximum Gasteiger partial charge on any atom is 0.266 e. The molecular weight excluding hydrogens is 430 g/mol. The van der Waals surface area contributed by atoms with Gasteiger partial charge < -0.3 is 9.64 Å². The van der Waals surface area contributed by atoms with Crippen LogP contribution in [0.4, 0.5) is 17.1 Å². The van der Waals surface area contributed by atoms with Gasteiger partial charge in [0, 0.05) is 19.8 Å². The van der Waals surface area contributed by atoms with Crippen LogP contribution < -0.4 is 19.6 Å². The van der Waals surface area contributed by atoms with E-state index in [1.807, 2.05) is 74.4 Å². The molecule has 3 atom stereocenters. The summed E-state index contributed by atoms with van der Waals surface area (Å²) in [5.74, 6) is -0.632. The van der Waals surface area contributed by atoms with Crippen molar-refractivity contribution in [2.75, 3.05) is 36.1 Å². The third kappa shape index (κ3) is 3.49. The summed E-state index contributed by atoms with van der Waals surface area (Å²) in [5.41, 5.74) is 4.33. The van der Waals surface area contributed by atoms with Crippen LogP contribution in [0.3, 0.4) is 0 Å². The van der Waals surface area contributed by atoms with Gasteiger partial charge in [-0.1, -0.05) is 30.3 Å². The number of para-hydroxylation sites is 1. The van der Waals surface area contributed by atoms with Crippen LogP contribution in [0.5, 0.6) is 5.75 Å². The van der Waals surface area contributed by atoms with Crippen LogP contribution in [0.15, 0.2) is 72.8 Å². The Kier molecular flexibility index (Phi) is 5.49. The molecule has 3 aromatic carbocycles. The molecule has 7 nitrogen and oxygen atoms in total. The first kappa shape index (κ1) is 22.0. The highest BCUT2D eigenvalue weighted by Gasteiger charge is 2.60. The molecule has 0 aromatic heterocycles. The van der Waals surface area contributed by atoms with E-state index in [1.54, 1.807) is 36.4 Å². The normalized spacial score (nSPS) is 21.7. The number of hydroxylamine groups is 1. The fourth-order valence-electron chi connectivity index (χ4n) is 4.73. The van der Waals surface area contributed by atoms with Gasteiger partial charge in [0.15, 0.2) is 6.10 Å². The molecule has 2 fully saturated rings. The smallest absolute Gasteiger partial charge is 0.266 e. The predicted molar refractivity (Wildman–Crippen MR) is 131 cm³/mol. The number of ether oxygens (including phenoxy) is 1. The molecule has 0 aliphatic carbocycles. The lowest BCUT2D eigenvalue weighted by Gasteiger charge is -2.30. The van der Waals surface area contributed by atoms with Gasteiger partial charge in [0.1, 0.15) is 11.7 Å². The van der Waals surface area contributed by atoms with Gasteiger partial charge in [0.05, 0.1) is 24.5 Å². The first-order valence-corrected chi connectivity index (χ1v) is 11.2. The van der Waals surface area contributed by atoms with Crippen LogP contribution in [0.2, 0.25) is 0 Å². The molecule has 3 aromatic rings. The van der Waals surface area contributed by atoms with E-state index in [2.05, 4.69) is 0 Å². The molecule has 0 spiro atoms. The summed E-state index contributed by atoms with van der Waals surface area (Å²) >= 11 is 0. The van der Waals surface area contributed by atoms with Crippen molar-refractivity contribution in [1.82, 2.24) is 0 Å². The van der Waals surface area contributed by atoms with E-state index in [0.717, 1.165) is 22.5 Å². The van der Waals surface area contributed by atoms with Crippen molar-refractivity contribution in [3.63, 3.8) is 0 Å². The van der Waals surface area contributed by atoms with Gasteiger partial charge >= 0.3 is 0 Å². The largest absolute Gasteiger partial charge is 0.497 e. The van der Waals surface area contributed by atoms with E-state index in [9.17, 15) is 9.59 Å². The van der Waals surface area contributed by atoms with Crippen molar-refractivity contribution in [3.8, 4) is 5.75 Å². The Labute approximate surface area is 199 Å². The van der Waals surface area contributed by atoms with Crippen LogP contribution in [0.25, 0.3) is 0 Å². The number of nitrogens with zero attached hydrogens (tertiary/aromatic N) is 3. The molecule has 5 rings (SSSR count). The van der Waals surface area contributed by atoms with Gasteiger partial charge in [0.25, 0.3) is 5.91 Å². The second kappa shape index (κ2) is 8.50. The van der Waals surface area contributed by atoms with Gasteiger partial charge in [0.2, 0.25) is 5.91 Å². The molecule has 0 unspecified atom stereocenters. The molecule has 0 radical (unpaired) electrons. The summed E-state index contributed by atoms with van der Waals surface area (Å²) in [6, 6.07) is 22.3. The maximum atomic E-state index is 13.7. The third-order valence-corrected chi connectivity index (χ3v) is 6.55. The number of aryl methyl sites for hydroxylation is 1. The summed E-state index contributed by atoms with van der Waals surface area (Å²) in [7, 11) is 5.54. The van der Waals surface area contributed by atoms with Gasteiger partial charge in [-0.3, -0.25) is 14.4 Å². The number of amides is 2. The van der Waals surface area contributed by atoms with Gasteiger partial charge in [-0.25, -0.2) is 9.96 Å². The maximum absolute atomic E-state index is 13.7. The molecule has 2 saturated heterocycles. The molecule has 2 aliphatic heterocycles. The molecule has 7 heteroatoms. The predicted octanol–water partition coefficient (Wildman–Crippen LogP) is 4.12. The van der Waals surface area contributed by atoms with Gasteiger partial charge in [-0.15, -0.1) is 0 Å². The molecule has 174 valence electrons. The highest BCUT2D eigenvalue weighted by atomic mass is 16.7. The molecule has 2 amide bonds. The minimum atomic E-state index is -0.896. The number of anilines is 3. The number of rotatable bonds is 5. The van der Waals surface area contributed by atoms with E-state index in [0.29, 0.717) is 11.4 Å². The van der Waals surface area contributed by atoms with Crippen LogP contribution in [-0.4, -0.2) is 39.1 Å². The Morgan fingerprint density at radius 1 is 0.882 bits per heavy atom. The van der Waals surface area contributed by atoms with Gasteiger partial charge in [-0.2, -0.15) is 0 Å². The number of fused-ring (bicyclic) bond motifs is 1. The zero-order valence-corrected chi connectivity index (χ0v) is 19.6. The quantitative estimate of drug-likeness (QED) is 0.537. The van der Waals surface area contributed by atoms with E-state index in [4.69, 9.17) is 9.57 Å². The van der Waals surface area contributed by atoms with Crippen molar-refractivity contribution >= 4 is 28.9 Å². The molecule has 2 aliphatic rings. The van der Waals surface area contributed by atoms with Gasteiger partial charge in [-0.05, 0) is 60.5 Å². The van der Waals surface area contributed by atoms with Crippen molar-refractivity contribution in [2.45, 2.75) is 19.1 Å². The Morgan fingerprint density at radius 3 is 2.18 bits per heavy atom. The van der Waals surface area contributed by atoms with E-state index in [1.165, 1.54) is 4.90 Å². The Balaban J connectivity index is 1.57. The number of hydrogen-bond donors (Lipinski definition) is 0. The minimum absolute atomic E-state index is 0.266. The average Bonchev–Trinajstić information content (AvgIpc) is 3.35. The van der Waals surface area contributed by atoms with E-state index >= 15 is 0 Å². The molecule has 0 saturated carbocycles. The van der Waals surface area contributed by atoms with Crippen molar-refractivity contribution < 1.29 is 19.2 Å². The standard InChI is InChI=1S/C27H27N3O4/c1-17-7-5-6-8-22(17)30-24(18-9-11-19(12-10-18)28(2)3)23-25(34-30)27(32)29(26(23)31)20-13-15-21(33-4)16-14-20/h5-16,23-25H,1-4H3/t23-,24-,25+/m0/s1. The molecule has 0 N–H and O–H groups in total. The zero-order chi connectivity index (χ0) is 24.0. The summed E-state index contributed by atoms with van der Waals surface area (Å²) in [4.78, 5) is 36.7. The Hall–Kier alpha value is -3.84. The lowest BCUT2D eigenvalue weighted by molar-refractivity contribution is -0.126. The van der Waals surface area contributed by atoms with Crippen LogP contribution in [0, 0.1) is 12.8 Å².